The standard InChI is InChI=1S/C16H28N2/c1-12(2)6-7-18(5)16(11-17)15-9-13(3)8-14(4)10-15/h8-10,12,16H,6-7,11,17H2,1-5H3. The molecule has 1 aromatic rings. The molecule has 0 fully saturated rings. The summed E-state index contributed by atoms with van der Waals surface area (Å²) in [5.41, 5.74) is 9.96. The van der Waals surface area contributed by atoms with E-state index in [-0.39, 0.29) is 0 Å². The first-order valence-electron chi connectivity index (χ1n) is 6.92. The molecule has 0 saturated carbocycles. The molecule has 0 aliphatic carbocycles. The molecule has 0 amide bonds. The van der Waals surface area contributed by atoms with Crippen molar-refractivity contribution in [3.05, 3.63) is 34.9 Å². The van der Waals surface area contributed by atoms with Crippen LogP contribution in [-0.2, 0) is 0 Å². The summed E-state index contributed by atoms with van der Waals surface area (Å²) in [6, 6.07) is 7.07. The van der Waals surface area contributed by atoms with Crippen LogP contribution in [0.15, 0.2) is 18.2 Å². The van der Waals surface area contributed by atoms with Gasteiger partial charge in [-0.2, -0.15) is 0 Å². The fraction of sp³-hybridized carbons (Fsp3) is 0.625. The van der Waals surface area contributed by atoms with Gasteiger partial charge in [-0.1, -0.05) is 43.2 Å². The molecule has 2 heteroatoms. The lowest BCUT2D eigenvalue weighted by atomic mass is 10.00. The van der Waals surface area contributed by atoms with Crippen molar-refractivity contribution >= 4 is 0 Å². The molecule has 2 N–H and O–H groups in total. The second kappa shape index (κ2) is 6.91. The van der Waals surface area contributed by atoms with Gasteiger partial charge in [0, 0.05) is 12.6 Å². The molecule has 0 aliphatic heterocycles. The summed E-state index contributed by atoms with van der Waals surface area (Å²) in [5.74, 6) is 0.741. The molecule has 0 bridgehead atoms. The molecular weight excluding hydrogens is 220 g/mol. The first-order valence-corrected chi connectivity index (χ1v) is 6.92. The lowest BCUT2D eigenvalue weighted by Gasteiger charge is -2.28. The average molecular weight is 248 g/mol. The minimum absolute atomic E-state index is 0.336. The SMILES string of the molecule is Cc1cc(C)cc(C(CN)N(C)CCC(C)C)c1. The van der Waals surface area contributed by atoms with Crippen LogP contribution in [0.2, 0.25) is 0 Å². The number of aryl methyl sites for hydroxylation is 2. The van der Waals surface area contributed by atoms with Crippen LogP contribution < -0.4 is 5.73 Å². The number of likely N-dealkylation sites (N-methyl/N-ethyl adjacent to an activating group) is 1. The van der Waals surface area contributed by atoms with Crippen LogP contribution in [0.5, 0.6) is 0 Å². The third kappa shape index (κ3) is 4.43. The summed E-state index contributed by atoms with van der Waals surface area (Å²) in [6.07, 6.45) is 1.22. The largest absolute Gasteiger partial charge is 0.329 e. The molecule has 0 aliphatic rings. The van der Waals surface area contributed by atoms with Gasteiger partial charge in [0.1, 0.15) is 0 Å². The third-order valence-corrected chi connectivity index (χ3v) is 3.44. The average Bonchev–Trinajstić information content (AvgIpc) is 2.26. The lowest BCUT2D eigenvalue weighted by molar-refractivity contribution is 0.236. The summed E-state index contributed by atoms with van der Waals surface area (Å²) in [6.45, 7) is 10.6. The minimum atomic E-state index is 0.336. The van der Waals surface area contributed by atoms with Gasteiger partial charge in [0.15, 0.2) is 0 Å². The molecule has 1 atom stereocenters. The Hall–Kier alpha value is -0.860. The molecular formula is C16H28N2. The summed E-state index contributed by atoms with van der Waals surface area (Å²) in [5, 5.41) is 0. The Morgan fingerprint density at radius 2 is 1.67 bits per heavy atom. The van der Waals surface area contributed by atoms with E-state index in [0.29, 0.717) is 12.6 Å². The highest BCUT2D eigenvalue weighted by atomic mass is 15.1. The zero-order valence-corrected chi connectivity index (χ0v) is 12.5. The van der Waals surface area contributed by atoms with E-state index < -0.39 is 0 Å². The van der Waals surface area contributed by atoms with Gasteiger partial charge in [-0.15, -0.1) is 0 Å². The number of benzene rings is 1. The lowest BCUT2D eigenvalue weighted by Crippen LogP contribution is -2.32. The first kappa shape index (κ1) is 15.2. The van der Waals surface area contributed by atoms with Gasteiger partial charge in [0.25, 0.3) is 0 Å². The van der Waals surface area contributed by atoms with Crippen LogP contribution in [-0.4, -0.2) is 25.0 Å². The van der Waals surface area contributed by atoms with E-state index in [4.69, 9.17) is 5.73 Å². The Kier molecular flexibility index (Phi) is 5.83. The van der Waals surface area contributed by atoms with Crippen LogP contribution in [0.1, 0.15) is 43.0 Å². The maximum absolute atomic E-state index is 5.97. The minimum Gasteiger partial charge on any atom is -0.329 e. The molecule has 0 radical (unpaired) electrons. The van der Waals surface area contributed by atoms with E-state index in [2.05, 4.69) is 57.8 Å². The van der Waals surface area contributed by atoms with E-state index in [1.54, 1.807) is 0 Å². The zero-order valence-electron chi connectivity index (χ0n) is 12.5. The van der Waals surface area contributed by atoms with Crippen LogP contribution in [0.25, 0.3) is 0 Å². The molecule has 1 aromatic carbocycles. The van der Waals surface area contributed by atoms with Gasteiger partial charge in [0.05, 0.1) is 0 Å². The van der Waals surface area contributed by atoms with Gasteiger partial charge in [0.2, 0.25) is 0 Å². The van der Waals surface area contributed by atoms with Crippen LogP contribution in [0.3, 0.4) is 0 Å². The first-order chi connectivity index (χ1) is 8.43. The Bertz CT molecular complexity index is 351. The van der Waals surface area contributed by atoms with Crippen molar-refractivity contribution in [1.29, 1.82) is 0 Å². The van der Waals surface area contributed by atoms with Crippen molar-refractivity contribution in [1.82, 2.24) is 4.90 Å². The monoisotopic (exact) mass is 248 g/mol. The Balaban J connectivity index is 2.81. The quantitative estimate of drug-likeness (QED) is 0.837. The molecule has 18 heavy (non-hydrogen) atoms. The molecule has 0 saturated heterocycles. The van der Waals surface area contributed by atoms with E-state index in [1.165, 1.54) is 23.1 Å². The number of hydrogen-bond donors (Lipinski definition) is 1. The van der Waals surface area contributed by atoms with Gasteiger partial charge >= 0.3 is 0 Å². The van der Waals surface area contributed by atoms with Crippen LogP contribution >= 0.6 is 0 Å². The molecule has 1 rings (SSSR count). The fourth-order valence-corrected chi connectivity index (χ4v) is 2.39. The maximum atomic E-state index is 5.97. The number of nitrogens with two attached hydrogens (primary N) is 1. The fourth-order valence-electron chi connectivity index (χ4n) is 2.39. The van der Waals surface area contributed by atoms with Crippen LogP contribution in [0.4, 0.5) is 0 Å². The van der Waals surface area contributed by atoms with Crippen molar-refractivity contribution in [3.63, 3.8) is 0 Å². The second-order valence-electron chi connectivity index (χ2n) is 5.84. The van der Waals surface area contributed by atoms with Gasteiger partial charge < -0.3 is 5.73 Å². The van der Waals surface area contributed by atoms with Crippen molar-refractivity contribution in [3.8, 4) is 0 Å². The van der Waals surface area contributed by atoms with Gasteiger partial charge in [-0.05, 0) is 45.3 Å². The van der Waals surface area contributed by atoms with Crippen molar-refractivity contribution in [2.24, 2.45) is 11.7 Å². The molecule has 0 spiro atoms. The highest BCUT2D eigenvalue weighted by Crippen LogP contribution is 2.21. The maximum Gasteiger partial charge on any atom is 0.0467 e. The van der Waals surface area contributed by atoms with Crippen molar-refractivity contribution < 1.29 is 0 Å². The summed E-state index contributed by atoms with van der Waals surface area (Å²) >= 11 is 0. The predicted molar refractivity (Wildman–Crippen MR) is 79.8 cm³/mol. The van der Waals surface area contributed by atoms with Crippen molar-refractivity contribution in [2.45, 2.75) is 40.2 Å². The molecule has 0 heterocycles. The van der Waals surface area contributed by atoms with E-state index in [9.17, 15) is 0 Å². The number of rotatable bonds is 6. The summed E-state index contributed by atoms with van der Waals surface area (Å²) < 4.78 is 0. The Morgan fingerprint density at radius 3 is 2.11 bits per heavy atom. The summed E-state index contributed by atoms with van der Waals surface area (Å²) in [7, 11) is 2.18. The smallest absolute Gasteiger partial charge is 0.0467 e. The third-order valence-electron chi connectivity index (χ3n) is 3.44. The van der Waals surface area contributed by atoms with Crippen LogP contribution in [0, 0.1) is 19.8 Å². The van der Waals surface area contributed by atoms with E-state index in [1.807, 2.05) is 0 Å². The normalized spacial score (nSPS) is 13.3. The predicted octanol–water partition coefficient (Wildman–Crippen LogP) is 3.28. The number of nitrogens with zero attached hydrogens (tertiary/aromatic N) is 1. The number of hydrogen-bond acceptors (Lipinski definition) is 2. The Morgan fingerprint density at radius 1 is 1.11 bits per heavy atom. The molecule has 102 valence electrons. The van der Waals surface area contributed by atoms with Crippen molar-refractivity contribution in [2.75, 3.05) is 20.1 Å². The second-order valence-corrected chi connectivity index (χ2v) is 5.84. The van der Waals surface area contributed by atoms with Gasteiger partial charge in [-0.3, -0.25) is 4.90 Å². The highest BCUT2D eigenvalue weighted by molar-refractivity contribution is 5.30. The highest BCUT2D eigenvalue weighted by Gasteiger charge is 2.16. The molecule has 0 aromatic heterocycles. The molecule has 2 nitrogen and oxygen atoms in total. The van der Waals surface area contributed by atoms with E-state index in [0.717, 1.165) is 12.5 Å². The molecule has 1 unspecified atom stereocenters. The Labute approximate surface area is 112 Å². The topological polar surface area (TPSA) is 29.3 Å². The van der Waals surface area contributed by atoms with Gasteiger partial charge in [-0.25, -0.2) is 0 Å². The zero-order chi connectivity index (χ0) is 13.7. The van der Waals surface area contributed by atoms with E-state index >= 15 is 0 Å². The summed E-state index contributed by atoms with van der Waals surface area (Å²) in [4.78, 5) is 2.38.